The summed E-state index contributed by atoms with van der Waals surface area (Å²) >= 11 is 2.31. The van der Waals surface area contributed by atoms with Crippen molar-refractivity contribution >= 4 is 33.5 Å². The van der Waals surface area contributed by atoms with Crippen LogP contribution in [-0.4, -0.2) is 10.2 Å². The Balaban J connectivity index is 2.91. The molecule has 0 saturated carbocycles. The van der Waals surface area contributed by atoms with Gasteiger partial charge in [-0.05, 0) is 47.2 Å². The first-order valence-electron chi connectivity index (χ1n) is 3.36. The lowest BCUT2D eigenvalue weighted by molar-refractivity contribution is 1.12. The van der Waals surface area contributed by atoms with Gasteiger partial charge in [-0.25, -0.2) is 0 Å². The molecule has 2 nitrogen and oxygen atoms in total. The van der Waals surface area contributed by atoms with Crippen LogP contribution in [0.3, 0.4) is 0 Å². The van der Waals surface area contributed by atoms with Gasteiger partial charge in [0.15, 0.2) is 0 Å². The van der Waals surface area contributed by atoms with Gasteiger partial charge in [-0.2, -0.15) is 5.10 Å². The molecule has 0 aliphatic rings. The number of H-pyrrole nitrogens is 1. The van der Waals surface area contributed by atoms with Crippen LogP contribution in [0.15, 0.2) is 18.3 Å². The molecule has 1 N–H and O–H groups in total. The Labute approximate surface area is 78.1 Å². The van der Waals surface area contributed by atoms with Crippen LogP contribution in [0.1, 0.15) is 5.56 Å². The highest BCUT2D eigenvalue weighted by molar-refractivity contribution is 14.1. The van der Waals surface area contributed by atoms with Gasteiger partial charge >= 0.3 is 0 Å². The molecule has 2 aromatic rings. The number of rotatable bonds is 0. The molecule has 0 amide bonds. The van der Waals surface area contributed by atoms with E-state index >= 15 is 0 Å². The zero-order chi connectivity index (χ0) is 7.84. The quantitative estimate of drug-likeness (QED) is 0.722. The van der Waals surface area contributed by atoms with Crippen LogP contribution in [0, 0.1) is 10.5 Å². The number of halogens is 1. The Hall–Kier alpha value is -0.580. The number of hydrogen-bond donors (Lipinski definition) is 1. The van der Waals surface area contributed by atoms with E-state index in [0.29, 0.717) is 0 Å². The lowest BCUT2D eigenvalue weighted by Crippen LogP contribution is -1.78. The number of fused-ring (bicyclic) bond motifs is 1. The monoisotopic (exact) mass is 258 g/mol. The molecular formula is C8H7IN2. The number of aromatic nitrogens is 2. The Morgan fingerprint density at radius 1 is 1.45 bits per heavy atom. The van der Waals surface area contributed by atoms with Crippen LogP contribution in [0.2, 0.25) is 0 Å². The van der Waals surface area contributed by atoms with Gasteiger partial charge in [0.2, 0.25) is 0 Å². The summed E-state index contributed by atoms with van der Waals surface area (Å²) in [4.78, 5) is 0. The van der Waals surface area contributed by atoms with Crippen LogP contribution in [0.25, 0.3) is 10.9 Å². The van der Waals surface area contributed by atoms with E-state index in [1.54, 1.807) is 0 Å². The minimum Gasteiger partial charge on any atom is -0.277 e. The summed E-state index contributed by atoms with van der Waals surface area (Å²) in [6.07, 6.45) is 1.85. The lowest BCUT2D eigenvalue weighted by atomic mass is 10.2. The predicted molar refractivity (Wildman–Crippen MR) is 53.5 cm³/mol. The summed E-state index contributed by atoms with van der Waals surface area (Å²) in [7, 11) is 0. The van der Waals surface area contributed by atoms with E-state index in [9.17, 15) is 0 Å². The molecule has 0 atom stereocenters. The molecular weight excluding hydrogens is 251 g/mol. The third kappa shape index (κ3) is 1.13. The summed E-state index contributed by atoms with van der Waals surface area (Å²) in [6.45, 7) is 2.09. The van der Waals surface area contributed by atoms with Gasteiger partial charge in [0.05, 0.1) is 11.7 Å². The van der Waals surface area contributed by atoms with E-state index in [-0.39, 0.29) is 0 Å². The number of aromatic amines is 1. The highest BCUT2D eigenvalue weighted by Crippen LogP contribution is 2.19. The fourth-order valence-corrected chi connectivity index (χ4v) is 2.08. The maximum atomic E-state index is 3.97. The molecule has 0 fully saturated rings. The SMILES string of the molecule is Cc1cc(I)c2[nH]ncc2c1. The van der Waals surface area contributed by atoms with Crippen LogP contribution in [0.4, 0.5) is 0 Å². The second-order valence-electron chi connectivity index (χ2n) is 2.58. The van der Waals surface area contributed by atoms with Crippen molar-refractivity contribution in [2.24, 2.45) is 0 Å². The summed E-state index contributed by atoms with van der Waals surface area (Å²) in [5, 5.41) is 8.12. The molecule has 11 heavy (non-hydrogen) atoms. The average molecular weight is 258 g/mol. The fourth-order valence-electron chi connectivity index (χ4n) is 1.16. The van der Waals surface area contributed by atoms with Gasteiger partial charge in [-0.1, -0.05) is 0 Å². The fraction of sp³-hybridized carbons (Fsp3) is 0.125. The average Bonchev–Trinajstić information content (AvgIpc) is 2.34. The molecule has 2 rings (SSSR count). The van der Waals surface area contributed by atoms with E-state index in [2.05, 4.69) is 51.8 Å². The van der Waals surface area contributed by atoms with E-state index in [4.69, 9.17) is 0 Å². The summed E-state index contributed by atoms with van der Waals surface area (Å²) in [5.74, 6) is 0. The Kier molecular flexibility index (Phi) is 1.60. The van der Waals surface area contributed by atoms with Crippen molar-refractivity contribution in [3.05, 3.63) is 27.5 Å². The van der Waals surface area contributed by atoms with E-state index in [1.165, 1.54) is 14.5 Å². The molecule has 0 saturated heterocycles. The normalized spacial score (nSPS) is 10.7. The van der Waals surface area contributed by atoms with E-state index in [0.717, 1.165) is 5.52 Å². The van der Waals surface area contributed by atoms with Gasteiger partial charge in [-0.3, -0.25) is 5.10 Å². The Morgan fingerprint density at radius 2 is 2.27 bits per heavy atom. The molecule has 56 valence electrons. The molecule has 0 radical (unpaired) electrons. The highest BCUT2D eigenvalue weighted by atomic mass is 127. The Morgan fingerprint density at radius 3 is 3.09 bits per heavy atom. The number of nitrogens with one attached hydrogen (secondary N) is 1. The van der Waals surface area contributed by atoms with Crippen molar-refractivity contribution < 1.29 is 0 Å². The summed E-state index contributed by atoms with van der Waals surface area (Å²) in [6, 6.07) is 4.27. The lowest BCUT2D eigenvalue weighted by Gasteiger charge is -1.95. The summed E-state index contributed by atoms with van der Waals surface area (Å²) in [5.41, 5.74) is 2.42. The van der Waals surface area contributed by atoms with Gasteiger partial charge < -0.3 is 0 Å². The van der Waals surface area contributed by atoms with Crippen LogP contribution >= 0.6 is 22.6 Å². The van der Waals surface area contributed by atoms with E-state index < -0.39 is 0 Å². The first-order chi connectivity index (χ1) is 5.27. The third-order valence-electron chi connectivity index (χ3n) is 1.65. The zero-order valence-corrected chi connectivity index (χ0v) is 8.21. The number of hydrogen-bond acceptors (Lipinski definition) is 1. The molecule has 1 heterocycles. The summed E-state index contributed by atoms with van der Waals surface area (Å²) < 4.78 is 1.23. The number of aryl methyl sites for hydroxylation is 1. The number of benzene rings is 1. The molecule has 0 aliphatic heterocycles. The predicted octanol–water partition coefficient (Wildman–Crippen LogP) is 2.48. The first-order valence-corrected chi connectivity index (χ1v) is 4.44. The third-order valence-corrected chi connectivity index (χ3v) is 2.50. The Bertz CT molecular complexity index is 392. The van der Waals surface area contributed by atoms with Gasteiger partial charge in [0.25, 0.3) is 0 Å². The maximum absolute atomic E-state index is 3.97. The van der Waals surface area contributed by atoms with Crippen molar-refractivity contribution in [1.82, 2.24) is 10.2 Å². The van der Waals surface area contributed by atoms with Crippen molar-refractivity contribution in [1.29, 1.82) is 0 Å². The molecule has 0 bridgehead atoms. The van der Waals surface area contributed by atoms with Crippen molar-refractivity contribution in [3.8, 4) is 0 Å². The standard InChI is InChI=1S/C8H7IN2/c1-5-2-6-4-10-11-8(6)7(9)3-5/h2-4H,1H3,(H,10,11). The van der Waals surface area contributed by atoms with Crippen molar-refractivity contribution in [2.75, 3.05) is 0 Å². The second-order valence-corrected chi connectivity index (χ2v) is 3.74. The zero-order valence-electron chi connectivity index (χ0n) is 6.06. The van der Waals surface area contributed by atoms with Gasteiger partial charge in [0.1, 0.15) is 0 Å². The van der Waals surface area contributed by atoms with Crippen LogP contribution in [-0.2, 0) is 0 Å². The van der Waals surface area contributed by atoms with E-state index in [1.807, 2.05) is 6.20 Å². The maximum Gasteiger partial charge on any atom is 0.0783 e. The first kappa shape index (κ1) is 7.09. The van der Waals surface area contributed by atoms with Gasteiger partial charge in [-0.15, -0.1) is 0 Å². The van der Waals surface area contributed by atoms with Crippen LogP contribution < -0.4 is 0 Å². The van der Waals surface area contributed by atoms with Crippen molar-refractivity contribution in [3.63, 3.8) is 0 Å². The van der Waals surface area contributed by atoms with Gasteiger partial charge in [0, 0.05) is 8.96 Å². The minimum atomic E-state index is 1.14. The molecule has 0 unspecified atom stereocenters. The molecule has 0 spiro atoms. The number of nitrogens with zero attached hydrogens (tertiary/aromatic N) is 1. The molecule has 1 aromatic heterocycles. The highest BCUT2D eigenvalue weighted by Gasteiger charge is 1.99. The van der Waals surface area contributed by atoms with Crippen LogP contribution in [0.5, 0.6) is 0 Å². The molecule has 0 aliphatic carbocycles. The largest absolute Gasteiger partial charge is 0.277 e. The molecule has 3 heteroatoms. The smallest absolute Gasteiger partial charge is 0.0783 e. The topological polar surface area (TPSA) is 28.7 Å². The second kappa shape index (κ2) is 2.48. The molecule has 1 aromatic carbocycles. The van der Waals surface area contributed by atoms with Crippen molar-refractivity contribution in [2.45, 2.75) is 6.92 Å². The minimum absolute atomic E-state index is 1.14.